The van der Waals surface area contributed by atoms with Crippen molar-refractivity contribution < 1.29 is 10.0 Å². The van der Waals surface area contributed by atoms with Crippen molar-refractivity contribution in [3.63, 3.8) is 0 Å². The van der Waals surface area contributed by atoms with E-state index in [1.54, 1.807) is 24.3 Å². The first kappa shape index (κ1) is 14.4. The van der Waals surface area contributed by atoms with Gasteiger partial charge < -0.3 is 5.11 Å². The second kappa shape index (κ2) is 5.94. The summed E-state index contributed by atoms with van der Waals surface area (Å²) in [6.45, 7) is 0. The van der Waals surface area contributed by atoms with E-state index in [2.05, 4.69) is 0 Å². The number of non-ortho nitro benzene ring substituents is 1. The van der Waals surface area contributed by atoms with Crippen LogP contribution < -0.4 is 0 Å². The van der Waals surface area contributed by atoms with Gasteiger partial charge in [-0.15, -0.1) is 0 Å². The van der Waals surface area contributed by atoms with Gasteiger partial charge in [-0.05, 0) is 29.8 Å². The van der Waals surface area contributed by atoms with Crippen molar-refractivity contribution >= 4 is 41.0 Å². The lowest BCUT2D eigenvalue weighted by atomic mass is 10.1. The highest BCUT2D eigenvalue weighted by Crippen LogP contribution is 2.27. The maximum atomic E-state index is 10.7. The zero-order valence-electron chi connectivity index (χ0n) is 10.1. The zero-order valence-corrected chi connectivity index (χ0v) is 11.6. The molecule has 0 aliphatic carbocycles. The van der Waals surface area contributed by atoms with Crippen LogP contribution in [0.2, 0.25) is 10.0 Å². The standard InChI is InChI=1S/C14H9Cl2NO3/c15-11-3-6-14(18)10(7-11)2-1-9-8-12(17(19)20)4-5-13(9)16/h1-8,18H/b2-1+. The summed E-state index contributed by atoms with van der Waals surface area (Å²) < 4.78 is 0. The molecule has 20 heavy (non-hydrogen) atoms. The molecule has 102 valence electrons. The van der Waals surface area contributed by atoms with Gasteiger partial charge in [0.15, 0.2) is 0 Å². The number of phenols is 1. The molecule has 2 aromatic carbocycles. The molecular formula is C14H9Cl2NO3. The SMILES string of the molecule is O=[N+]([O-])c1ccc(Cl)c(/C=C/c2cc(Cl)ccc2O)c1. The lowest BCUT2D eigenvalue weighted by Gasteiger charge is -2.01. The second-order valence-corrected chi connectivity index (χ2v) is 4.84. The Hall–Kier alpha value is -2.04. The molecule has 0 unspecified atom stereocenters. The molecule has 0 aliphatic rings. The Balaban J connectivity index is 2.38. The van der Waals surface area contributed by atoms with E-state index >= 15 is 0 Å². The van der Waals surface area contributed by atoms with Gasteiger partial charge in [0, 0.05) is 27.7 Å². The van der Waals surface area contributed by atoms with Crippen LogP contribution in [0.1, 0.15) is 11.1 Å². The number of nitro groups is 1. The van der Waals surface area contributed by atoms with Crippen LogP contribution in [0, 0.1) is 10.1 Å². The average Bonchev–Trinajstić information content (AvgIpc) is 2.41. The number of hydrogen-bond acceptors (Lipinski definition) is 3. The quantitative estimate of drug-likeness (QED) is 0.504. The van der Waals surface area contributed by atoms with Crippen LogP contribution in [0.3, 0.4) is 0 Å². The number of hydrogen-bond donors (Lipinski definition) is 1. The number of phenolic OH excluding ortho intramolecular Hbond substituents is 1. The Morgan fingerprint density at radius 1 is 1.05 bits per heavy atom. The first-order valence-corrected chi connectivity index (χ1v) is 6.33. The van der Waals surface area contributed by atoms with Gasteiger partial charge in [-0.25, -0.2) is 0 Å². The summed E-state index contributed by atoms with van der Waals surface area (Å²) in [5, 5.41) is 21.3. The highest BCUT2D eigenvalue weighted by Gasteiger charge is 2.08. The summed E-state index contributed by atoms with van der Waals surface area (Å²) in [5.74, 6) is 0.0622. The predicted molar refractivity (Wildman–Crippen MR) is 80.2 cm³/mol. The summed E-state index contributed by atoms with van der Waals surface area (Å²) in [4.78, 5) is 10.2. The smallest absolute Gasteiger partial charge is 0.270 e. The number of rotatable bonds is 3. The summed E-state index contributed by atoms with van der Waals surface area (Å²) in [6, 6.07) is 8.76. The first-order chi connectivity index (χ1) is 9.47. The van der Waals surface area contributed by atoms with E-state index in [4.69, 9.17) is 23.2 Å². The molecule has 0 heterocycles. The van der Waals surface area contributed by atoms with Crippen molar-refractivity contribution in [2.75, 3.05) is 0 Å². The average molecular weight is 310 g/mol. The fourth-order valence-electron chi connectivity index (χ4n) is 1.61. The predicted octanol–water partition coefficient (Wildman–Crippen LogP) is 4.78. The van der Waals surface area contributed by atoms with Gasteiger partial charge >= 0.3 is 0 Å². The maximum Gasteiger partial charge on any atom is 0.270 e. The van der Waals surface area contributed by atoms with Crippen LogP contribution in [0.4, 0.5) is 5.69 Å². The van der Waals surface area contributed by atoms with Gasteiger partial charge in [-0.2, -0.15) is 0 Å². The maximum absolute atomic E-state index is 10.7. The van der Waals surface area contributed by atoms with Crippen LogP contribution in [-0.4, -0.2) is 10.0 Å². The summed E-state index contributed by atoms with van der Waals surface area (Å²) >= 11 is 11.8. The van der Waals surface area contributed by atoms with E-state index in [0.717, 1.165) is 0 Å². The molecule has 0 bridgehead atoms. The minimum absolute atomic E-state index is 0.0515. The van der Waals surface area contributed by atoms with E-state index in [1.807, 2.05) is 0 Å². The molecular weight excluding hydrogens is 301 g/mol. The van der Waals surface area contributed by atoms with Crippen LogP contribution in [0.25, 0.3) is 12.2 Å². The van der Waals surface area contributed by atoms with E-state index in [9.17, 15) is 15.2 Å². The van der Waals surface area contributed by atoms with Crippen molar-refractivity contribution in [1.29, 1.82) is 0 Å². The van der Waals surface area contributed by atoms with Crippen molar-refractivity contribution in [2.45, 2.75) is 0 Å². The molecule has 2 rings (SSSR count). The number of nitro benzene ring substituents is 1. The lowest BCUT2D eigenvalue weighted by molar-refractivity contribution is -0.384. The molecule has 0 atom stereocenters. The third-order valence-electron chi connectivity index (χ3n) is 2.62. The second-order valence-electron chi connectivity index (χ2n) is 4.00. The third-order valence-corrected chi connectivity index (χ3v) is 3.20. The Bertz CT molecular complexity index is 699. The molecule has 0 radical (unpaired) electrons. The minimum atomic E-state index is -0.496. The van der Waals surface area contributed by atoms with Crippen LogP contribution in [-0.2, 0) is 0 Å². The first-order valence-electron chi connectivity index (χ1n) is 5.58. The lowest BCUT2D eigenvalue weighted by Crippen LogP contribution is -1.88. The van der Waals surface area contributed by atoms with Gasteiger partial charge in [0.25, 0.3) is 5.69 Å². The van der Waals surface area contributed by atoms with E-state index in [0.29, 0.717) is 21.2 Å². The molecule has 1 N–H and O–H groups in total. The van der Waals surface area contributed by atoms with Gasteiger partial charge in [-0.1, -0.05) is 35.4 Å². The molecule has 0 fully saturated rings. The number of aromatic hydroxyl groups is 1. The Kier molecular flexibility index (Phi) is 4.27. The summed E-state index contributed by atoms with van der Waals surface area (Å²) in [6.07, 6.45) is 3.17. The van der Waals surface area contributed by atoms with Gasteiger partial charge in [0.2, 0.25) is 0 Å². The van der Waals surface area contributed by atoms with Crippen LogP contribution in [0.15, 0.2) is 36.4 Å². The molecule has 6 heteroatoms. The van der Waals surface area contributed by atoms with Gasteiger partial charge in [-0.3, -0.25) is 10.1 Å². The Labute approximate surface area is 125 Å². The fraction of sp³-hybridized carbons (Fsp3) is 0. The number of benzene rings is 2. The van der Waals surface area contributed by atoms with Crippen molar-refractivity contribution in [3.05, 3.63) is 67.7 Å². The summed E-state index contributed by atoms with van der Waals surface area (Å²) in [7, 11) is 0. The molecule has 0 aromatic heterocycles. The van der Waals surface area contributed by atoms with Gasteiger partial charge in [0.1, 0.15) is 5.75 Å². The highest BCUT2D eigenvalue weighted by atomic mass is 35.5. The topological polar surface area (TPSA) is 63.4 Å². The number of halogens is 2. The van der Waals surface area contributed by atoms with Crippen molar-refractivity contribution in [3.8, 4) is 5.75 Å². The highest BCUT2D eigenvalue weighted by molar-refractivity contribution is 6.32. The monoisotopic (exact) mass is 309 g/mol. The van der Waals surface area contributed by atoms with Crippen molar-refractivity contribution in [2.24, 2.45) is 0 Å². The molecule has 0 spiro atoms. The molecule has 0 saturated carbocycles. The number of nitrogens with zero attached hydrogens (tertiary/aromatic N) is 1. The molecule has 0 amide bonds. The molecule has 0 aliphatic heterocycles. The van der Waals surface area contributed by atoms with E-state index in [1.165, 1.54) is 24.3 Å². The Morgan fingerprint density at radius 2 is 1.75 bits per heavy atom. The summed E-state index contributed by atoms with van der Waals surface area (Å²) in [5.41, 5.74) is 0.935. The van der Waals surface area contributed by atoms with Crippen LogP contribution in [0.5, 0.6) is 5.75 Å². The zero-order chi connectivity index (χ0) is 14.7. The van der Waals surface area contributed by atoms with Crippen molar-refractivity contribution in [1.82, 2.24) is 0 Å². The molecule has 0 saturated heterocycles. The molecule has 4 nitrogen and oxygen atoms in total. The van der Waals surface area contributed by atoms with E-state index in [-0.39, 0.29) is 11.4 Å². The van der Waals surface area contributed by atoms with E-state index < -0.39 is 4.92 Å². The largest absolute Gasteiger partial charge is 0.507 e. The Morgan fingerprint density at radius 3 is 2.45 bits per heavy atom. The van der Waals surface area contributed by atoms with Gasteiger partial charge in [0.05, 0.1) is 4.92 Å². The third kappa shape index (κ3) is 3.29. The van der Waals surface area contributed by atoms with Crippen LogP contribution >= 0.6 is 23.2 Å². The minimum Gasteiger partial charge on any atom is -0.507 e. The normalized spacial score (nSPS) is 10.9. The fourth-order valence-corrected chi connectivity index (χ4v) is 1.97. The molecule has 2 aromatic rings.